The van der Waals surface area contributed by atoms with E-state index in [2.05, 4.69) is 5.32 Å². The van der Waals surface area contributed by atoms with Crippen molar-refractivity contribution in [1.29, 1.82) is 0 Å². The van der Waals surface area contributed by atoms with Crippen molar-refractivity contribution in [2.75, 3.05) is 0 Å². The van der Waals surface area contributed by atoms with Crippen LogP contribution in [0.4, 0.5) is 0 Å². The third kappa shape index (κ3) is 1.25. The van der Waals surface area contributed by atoms with Crippen molar-refractivity contribution >= 4 is 30.0 Å². The van der Waals surface area contributed by atoms with Gasteiger partial charge in [-0.3, -0.25) is 20.2 Å². The van der Waals surface area contributed by atoms with Gasteiger partial charge in [0.2, 0.25) is 12.1 Å². The summed E-state index contributed by atoms with van der Waals surface area (Å²) < 4.78 is -0.821. The number of carbonyl (C=O) groups is 3. The summed E-state index contributed by atoms with van der Waals surface area (Å²) in [7, 11) is 0. The average Bonchev–Trinajstić information content (AvgIpc) is 2.42. The SMILES string of the molecule is CC1(C)S[C@@H]2[C@H](NC=O)C(=O)N2[C@@]1(N)C(=O)O. The minimum atomic E-state index is -1.74. The van der Waals surface area contributed by atoms with Gasteiger partial charge in [-0.2, -0.15) is 0 Å². The first-order valence-corrected chi connectivity index (χ1v) is 5.88. The highest BCUT2D eigenvalue weighted by molar-refractivity contribution is 8.01. The Morgan fingerprint density at radius 1 is 1.65 bits per heavy atom. The largest absolute Gasteiger partial charge is 0.478 e. The molecule has 2 fully saturated rings. The molecule has 0 radical (unpaired) electrons. The lowest BCUT2D eigenvalue weighted by Gasteiger charge is -2.47. The number of β-lactam (4-membered cyclic amide) rings is 1. The van der Waals surface area contributed by atoms with Crippen LogP contribution in [-0.4, -0.2) is 50.1 Å². The van der Waals surface area contributed by atoms with Crippen LogP contribution in [0.25, 0.3) is 0 Å². The van der Waals surface area contributed by atoms with Crippen molar-refractivity contribution in [3.05, 3.63) is 0 Å². The molecule has 17 heavy (non-hydrogen) atoms. The average molecular weight is 259 g/mol. The molecule has 2 aliphatic rings. The van der Waals surface area contributed by atoms with Gasteiger partial charge >= 0.3 is 5.97 Å². The molecule has 0 unspecified atom stereocenters. The predicted octanol–water partition coefficient (Wildman–Crippen LogP) is -1.47. The molecule has 2 amide bonds. The van der Waals surface area contributed by atoms with Gasteiger partial charge in [-0.25, -0.2) is 4.79 Å². The van der Waals surface area contributed by atoms with Crippen LogP contribution in [0.5, 0.6) is 0 Å². The molecule has 8 heteroatoms. The molecular formula is C9H13N3O4S. The normalized spacial score (nSPS) is 38.3. The fourth-order valence-corrected chi connectivity index (χ4v) is 3.90. The molecule has 2 heterocycles. The second-order valence-corrected chi connectivity index (χ2v) is 6.30. The molecule has 2 aliphatic heterocycles. The smallest absolute Gasteiger partial charge is 0.346 e. The number of thioether (sulfide) groups is 1. The van der Waals surface area contributed by atoms with Gasteiger partial charge in [-0.05, 0) is 13.8 Å². The fourth-order valence-electron chi connectivity index (χ4n) is 2.23. The van der Waals surface area contributed by atoms with Crippen LogP contribution in [-0.2, 0) is 14.4 Å². The Morgan fingerprint density at radius 2 is 2.24 bits per heavy atom. The predicted molar refractivity (Wildman–Crippen MR) is 59.8 cm³/mol. The number of fused-ring (bicyclic) bond motifs is 1. The Bertz CT molecular complexity index is 413. The van der Waals surface area contributed by atoms with Crippen LogP contribution >= 0.6 is 11.8 Å². The van der Waals surface area contributed by atoms with Crippen LogP contribution in [0, 0.1) is 0 Å². The second-order valence-electron chi connectivity index (χ2n) is 4.56. The lowest BCUT2D eigenvalue weighted by molar-refractivity contribution is -0.171. The molecule has 0 spiro atoms. The molecule has 0 bridgehead atoms. The van der Waals surface area contributed by atoms with Crippen molar-refractivity contribution < 1.29 is 19.5 Å². The summed E-state index contributed by atoms with van der Waals surface area (Å²) in [6, 6.07) is -0.679. The molecule has 2 rings (SSSR count). The molecule has 94 valence electrons. The first-order chi connectivity index (χ1) is 7.77. The van der Waals surface area contributed by atoms with Crippen LogP contribution in [0.2, 0.25) is 0 Å². The number of nitrogens with zero attached hydrogens (tertiary/aromatic N) is 1. The van der Waals surface area contributed by atoms with Crippen molar-refractivity contribution in [1.82, 2.24) is 10.2 Å². The highest BCUT2D eigenvalue weighted by Crippen LogP contribution is 2.54. The summed E-state index contributed by atoms with van der Waals surface area (Å²) in [5.74, 6) is -1.69. The van der Waals surface area contributed by atoms with E-state index >= 15 is 0 Å². The summed E-state index contributed by atoms with van der Waals surface area (Å²) in [6.07, 6.45) is 0.435. The molecule has 3 atom stereocenters. The molecule has 0 aromatic carbocycles. The van der Waals surface area contributed by atoms with E-state index in [1.165, 1.54) is 11.8 Å². The van der Waals surface area contributed by atoms with E-state index in [4.69, 9.17) is 5.73 Å². The van der Waals surface area contributed by atoms with E-state index in [1.807, 2.05) is 0 Å². The summed E-state index contributed by atoms with van der Waals surface area (Å²) >= 11 is 1.28. The zero-order chi connectivity index (χ0) is 13.0. The van der Waals surface area contributed by atoms with Gasteiger partial charge < -0.3 is 10.4 Å². The maximum Gasteiger partial charge on any atom is 0.346 e. The maximum atomic E-state index is 11.8. The number of amides is 2. The highest BCUT2D eigenvalue weighted by Gasteiger charge is 2.71. The third-order valence-electron chi connectivity index (χ3n) is 3.33. The van der Waals surface area contributed by atoms with Gasteiger partial charge in [0.25, 0.3) is 5.91 Å². The molecule has 0 aliphatic carbocycles. The number of aliphatic carboxylic acids is 1. The summed E-state index contributed by atoms with van der Waals surface area (Å²) in [5.41, 5.74) is 4.15. The summed E-state index contributed by atoms with van der Waals surface area (Å²) in [4.78, 5) is 34.6. The Hall–Kier alpha value is -1.28. The van der Waals surface area contributed by atoms with Crippen molar-refractivity contribution in [2.45, 2.75) is 35.7 Å². The Kier molecular flexibility index (Phi) is 2.41. The minimum Gasteiger partial charge on any atom is -0.478 e. The Morgan fingerprint density at radius 3 is 2.71 bits per heavy atom. The number of rotatable bonds is 3. The number of nitrogens with two attached hydrogens (primary N) is 1. The van der Waals surface area contributed by atoms with Crippen LogP contribution in [0.1, 0.15) is 13.8 Å². The van der Waals surface area contributed by atoms with Crippen LogP contribution < -0.4 is 11.1 Å². The number of nitrogens with one attached hydrogen (secondary N) is 1. The maximum absolute atomic E-state index is 11.8. The monoisotopic (exact) mass is 259 g/mol. The fraction of sp³-hybridized carbons (Fsp3) is 0.667. The van der Waals surface area contributed by atoms with E-state index in [-0.39, 0.29) is 0 Å². The lowest BCUT2D eigenvalue weighted by atomic mass is 9.90. The molecule has 4 N–H and O–H groups in total. The van der Waals surface area contributed by atoms with Gasteiger partial charge in [0.15, 0.2) is 0 Å². The van der Waals surface area contributed by atoms with Crippen molar-refractivity contribution in [2.24, 2.45) is 5.73 Å². The first-order valence-electron chi connectivity index (χ1n) is 5.00. The van der Waals surface area contributed by atoms with Gasteiger partial charge in [-0.1, -0.05) is 0 Å². The zero-order valence-electron chi connectivity index (χ0n) is 9.34. The molecule has 0 aromatic heterocycles. The third-order valence-corrected chi connectivity index (χ3v) is 4.95. The van der Waals surface area contributed by atoms with E-state index in [1.54, 1.807) is 13.8 Å². The molecule has 0 saturated carbocycles. The van der Waals surface area contributed by atoms with Gasteiger partial charge in [0, 0.05) is 0 Å². The van der Waals surface area contributed by atoms with E-state index < -0.39 is 33.7 Å². The topological polar surface area (TPSA) is 113 Å². The summed E-state index contributed by atoms with van der Waals surface area (Å²) in [5, 5.41) is 11.2. The van der Waals surface area contributed by atoms with Gasteiger partial charge in [-0.15, -0.1) is 11.8 Å². The zero-order valence-corrected chi connectivity index (χ0v) is 10.2. The Balaban J connectivity index is 2.36. The van der Waals surface area contributed by atoms with E-state index in [9.17, 15) is 19.5 Å². The number of carboxylic acids is 1. The van der Waals surface area contributed by atoms with Gasteiger partial charge in [0.1, 0.15) is 11.4 Å². The number of carbonyl (C=O) groups excluding carboxylic acids is 2. The van der Waals surface area contributed by atoms with Crippen LogP contribution in [0.15, 0.2) is 0 Å². The number of hydrogen-bond acceptors (Lipinski definition) is 5. The van der Waals surface area contributed by atoms with E-state index in [0.29, 0.717) is 6.41 Å². The van der Waals surface area contributed by atoms with Crippen LogP contribution in [0.3, 0.4) is 0 Å². The minimum absolute atomic E-state index is 0.413. The Labute approximate surface area is 102 Å². The first kappa shape index (κ1) is 12.2. The standard InChI is InChI=1S/C9H13N3O4S/c1-8(2)9(10,7(15)16)12-5(14)4(11-3-13)6(12)17-8/h3-4,6H,10H2,1-2H3,(H,11,13)(H,15,16)/t4-,6-,9+/m1/s1. The quantitative estimate of drug-likeness (QED) is 0.421. The second kappa shape index (κ2) is 3.36. The summed E-state index contributed by atoms with van der Waals surface area (Å²) in [6.45, 7) is 3.35. The molecule has 0 aromatic rings. The molecular weight excluding hydrogens is 246 g/mol. The number of hydrogen-bond donors (Lipinski definition) is 3. The molecule has 2 saturated heterocycles. The molecule has 7 nitrogen and oxygen atoms in total. The highest BCUT2D eigenvalue weighted by atomic mass is 32.2. The lowest BCUT2D eigenvalue weighted by Crippen LogP contribution is -2.78. The van der Waals surface area contributed by atoms with E-state index in [0.717, 1.165) is 4.90 Å². The van der Waals surface area contributed by atoms with Crippen molar-refractivity contribution in [3.63, 3.8) is 0 Å². The number of carboxylic acid groups (broad SMARTS) is 1. The van der Waals surface area contributed by atoms with Gasteiger partial charge in [0.05, 0.1) is 4.75 Å². The van der Waals surface area contributed by atoms with Crippen molar-refractivity contribution in [3.8, 4) is 0 Å².